The highest BCUT2D eigenvalue weighted by Crippen LogP contribution is 2.36. The van der Waals surface area contributed by atoms with Gasteiger partial charge in [0.1, 0.15) is 5.15 Å². The average molecular weight is 315 g/mol. The minimum absolute atomic E-state index is 0.180. The fraction of sp³-hybridized carbons (Fsp3) is 0.750. The van der Waals surface area contributed by atoms with Gasteiger partial charge in [0.15, 0.2) is 0 Å². The van der Waals surface area contributed by atoms with E-state index in [0.717, 1.165) is 31.2 Å². The zero-order chi connectivity index (χ0) is 15.9. The number of unbranched alkanes of at least 4 members (excludes halogenated alkanes) is 2. The van der Waals surface area contributed by atoms with Crippen LogP contribution >= 0.6 is 11.6 Å². The van der Waals surface area contributed by atoms with Gasteiger partial charge in [0.25, 0.3) is 0 Å². The fourth-order valence-electron chi connectivity index (χ4n) is 1.82. The number of ether oxygens (including phenoxy) is 2. The van der Waals surface area contributed by atoms with Crippen LogP contribution in [0.15, 0.2) is 0 Å². The van der Waals surface area contributed by atoms with Gasteiger partial charge in [0.05, 0.1) is 18.8 Å². The summed E-state index contributed by atoms with van der Waals surface area (Å²) in [6, 6.07) is 0.299. The van der Waals surface area contributed by atoms with Gasteiger partial charge < -0.3 is 9.47 Å². The maximum Gasteiger partial charge on any atom is 0.321 e. The second-order valence-corrected chi connectivity index (χ2v) is 6.49. The van der Waals surface area contributed by atoms with E-state index in [4.69, 9.17) is 21.1 Å². The molecule has 0 unspecified atom stereocenters. The van der Waals surface area contributed by atoms with Crippen molar-refractivity contribution in [3.05, 3.63) is 10.7 Å². The van der Waals surface area contributed by atoms with Gasteiger partial charge >= 0.3 is 6.01 Å². The quantitative estimate of drug-likeness (QED) is 0.511. The molecular weight excluding hydrogens is 288 g/mol. The zero-order valence-corrected chi connectivity index (χ0v) is 14.6. The molecule has 0 bridgehead atoms. The zero-order valence-electron chi connectivity index (χ0n) is 13.8. The number of hydrogen-bond donors (Lipinski definition) is 0. The summed E-state index contributed by atoms with van der Waals surface area (Å²) in [6.45, 7) is 11.7. The highest BCUT2D eigenvalue weighted by molar-refractivity contribution is 6.30. The van der Waals surface area contributed by atoms with Gasteiger partial charge in [-0.2, -0.15) is 9.97 Å². The van der Waals surface area contributed by atoms with Crippen LogP contribution in [-0.4, -0.2) is 23.2 Å². The second kappa shape index (κ2) is 8.42. The molecule has 1 aromatic heterocycles. The highest BCUT2D eigenvalue weighted by Gasteiger charge is 2.26. The minimum atomic E-state index is -0.180. The summed E-state index contributed by atoms with van der Waals surface area (Å²) in [5.41, 5.74) is 0.656. The predicted octanol–water partition coefficient (Wildman–Crippen LogP) is 4.79. The second-order valence-electron chi connectivity index (χ2n) is 6.13. The molecule has 21 heavy (non-hydrogen) atoms. The first-order chi connectivity index (χ1) is 9.90. The van der Waals surface area contributed by atoms with Gasteiger partial charge in [-0.3, -0.25) is 0 Å². The molecule has 1 heterocycles. The van der Waals surface area contributed by atoms with Crippen LogP contribution < -0.4 is 9.47 Å². The summed E-state index contributed by atoms with van der Waals surface area (Å²) in [5, 5.41) is 0.412. The Bertz CT molecular complexity index is 445. The van der Waals surface area contributed by atoms with E-state index in [1.54, 1.807) is 0 Å². The molecule has 0 aliphatic rings. The highest BCUT2D eigenvalue weighted by atomic mass is 35.5. The first kappa shape index (κ1) is 18.0. The molecule has 0 atom stereocenters. The molecule has 0 N–H and O–H groups in total. The van der Waals surface area contributed by atoms with E-state index < -0.39 is 0 Å². The van der Waals surface area contributed by atoms with E-state index in [1.165, 1.54) is 0 Å². The molecule has 0 aliphatic heterocycles. The molecule has 0 fully saturated rings. The third kappa shape index (κ3) is 5.70. The maximum absolute atomic E-state index is 6.33. The average Bonchev–Trinajstić information content (AvgIpc) is 2.37. The Hall–Kier alpha value is -1.03. The fourth-order valence-corrected chi connectivity index (χ4v) is 2.25. The van der Waals surface area contributed by atoms with Crippen LogP contribution in [0, 0.1) is 0 Å². The minimum Gasteiger partial charge on any atom is -0.477 e. The molecule has 0 saturated heterocycles. The molecule has 1 rings (SSSR count). The van der Waals surface area contributed by atoms with Crippen LogP contribution in [0.5, 0.6) is 11.9 Å². The van der Waals surface area contributed by atoms with Crippen molar-refractivity contribution in [2.45, 2.75) is 65.7 Å². The molecule has 1 aromatic rings. The van der Waals surface area contributed by atoms with Gasteiger partial charge in [-0.05, 0) is 18.3 Å². The number of halogens is 1. The van der Waals surface area contributed by atoms with Crippen molar-refractivity contribution in [2.75, 3.05) is 13.2 Å². The Morgan fingerprint density at radius 1 is 0.952 bits per heavy atom. The van der Waals surface area contributed by atoms with Gasteiger partial charge in [-0.15, -0.1) is 0 Å². The third-order valence-electron chi connectivity index (χ3n) is 3.03. The topological polar surface area (TPSA) is 44.2 Å². The van der Waals surface area contributed by atoms with E-state index in [0.29, 0.717) is 30.3 Å². The summed E-state index contributed by atoms with van der Waals surface area (Å²) in [4.78, 5) is 8.66. The van der Waals surface area contributed by atoms with Crippen LogP contribution in [0.4, 0.5) is 0 Å². The Labute approximate surface area is 133 Å². The van der Waals surface area contributed by atoms with Crippen molar-refractivity contribution >= 4 is 11.6 Å². The van der Waals surface area contributed by atoms with Crippen molar-refractivity contribution in [1.82, 2.24) is 9.97 Å². The SMILES string of the molecule is CCCCOc1nc(Cl)c(C(C)(C)C)c(OCCCC)n1. The number of rotatable bonds is 8. The van der Waals surface area contributed by atoms with Crippen LogP contribution in [0.25, 0.3) is 0 Å². The van der Waals surface area contributed by atoms with Crippen molar-refractivity contribution in [3.8, 4) is 11.9 Å². The molecule has 0 radical (unpaired) electrons. The monoisotopic (exact) mass is 314 g/mol. The van der Waals surface area contributed by atoms with E-state index in [-0.39, 0.29) is 5.41 Å². The van der Waals surface area contributed by atoms with Crippen LogP contribution in [0.1, 0.15) is 65.9 Å². The normalized spacial score (nSPS) is 11.5. The third-order valence-corrected chi connectivity index (χ3v) is 3.30. The Balaban J connectivity index is 3.01. The van der Waals surface area contributed by atoms with Crippen LogP contribution in [0.3, 0.4) is 0 Å². The maximum atomic E-state index is 6.33. The molecular formula is C16H27ClN2O2. The molecule has 4 nitrogen and oxygen atoms in total. The number of nitrogens with zero attached hydrogens (tertiary/aromatic N) is 2. The lowest BCUT2D eigenvalue weighted by atomic mass is 9.89. The lowest BCUT2D eigenvalue weighted by Crippen LogP contribution is -2.17. The van der Waals surface area contributed by atoms with Gasteiger partial charge in [-0.25, -0.2) is 0 Å². The largest absolute Gasteiger partial charge is 0.477 e. The van der Waals surface area contributed by atoms with Crippen molar-refractivity contribution in [2.24, 2.45) is 0 Å². The first-order valence-electron chi connectivity index (χ1n) is 7.73. The molecule has 0 aromatic carbocycles. The molecule has 0 amide bonds. The Morgan fingerprint density at radius 3 is 2.05 bits per heavy atom. The summed E-state index contributed by atoms with van der Waals surface area (Å²) < 4.78 is 11.4. The van der Waals surface area contributed by atoms with E-state index in [2.05, 4.69) is 44.6 Å². The van der Waals surface area contributed by atoms with Crippen molar-refractivity contribution in [3.63, 3.8) is 0 Å². The van der Waals surface area contributed by atoms with Crippen molar-refractivity contribution in [1.29, 1.82) is 0 Å². The van der Waals surface area contributed by atoms with Crippen LogP contribution in [0.2, 0.25) is 5.15 Å². The van der Waals surface area contributed by atoms with E-state index in [1.807, 2.05) is 0 Å². The molecule has 0 aliphatic carbocycles. The first-order valence-corrected chi connectivity index (χ1v) is 8.11. The predicted molar refractivity (Wildman–Crippen MR) is 86.5 cm³/mol. The standard InChI is InChI=1S/C16H27ClN2O2/c1-6-8-10-20-14-12(16(3,4)5)13(17)18-15(19-14)21-11-9-7-2/h6-11H2,1-5H3. The van der Waals surface area contributed by atoms with Crippen molar-refractivity contribution < 1.29 is 9.47 Å². The Morgan fingerprint density at radius 2 is 1.52 bits per heavy atom. The lowest BCUT2D eigenvalue weighted by Gasteiger charge is -2.23. The van der Waals surface area contributed by atoms with E-state index >= 15 is 0 Å². The van der Waals surface area contributed by atoms with Gasteiger partial charge in [0, 0.05) is 0 Å². The Kier molecular flexibility index (Phi) is 7.23. The summed E-state index contributed by atoms with van der Waals surface area (Å²) in [7, 11) is 0. The molecule has 0 spiro atoms. The van der Waals surface area contributed by atoms with E-state index in [9.17, 15) is 0 Å². The number of aromatic nitrogens is 2. The summed E-state index contributed by atoms with van der Waals surface area (Å²) in [6.07, 6.45) is 4.09. The van der Waals surface area contributed by atoms with Gasteiger partial charge in [-0.1, -0.05) is 59.1 Å². The summed E-state index contributed by atoms with van der Waals surface area (Å²) in [5.74, 6) is 0.544. The summed E-state index contributed by atoms with van der Waals surface area (Å²) >= 11 is 6.33. The van der Waals surface area contributed by atoms with Crippen LogP contribution in [-0.2, 0) is 5.41 Å². The van der Waals surface area contributed by atoms with Gasteiger partial charge in [0.2, 0.25) is 5.88 Å². The molecule has 120 valence electrons. The lowest BCUT2D eigenvalue weighted by molar-refractivity contribution is 0.259. The molecule has 5 heteroatoms. The number of hydrogen-bond acceptors (Lipinski definition) is 4. The smallest absolute Gasteiger partial charge is 0.321 e. The molecule has 0 saturated carbocycles.